The third kappa shape index (κ3) is 3.35. The summed E-state index contributed by atoms with van der Waals surface area (Å²) in [4.78, 5) is 12.1. The standard InChI is InChI=1S/C20H24N2O2/c21-12-6-5-11-19(22)20(23)24-13-18-16-9-3-1-7-14(16)15-8-2-4-10-17(15)18/h1-4,7-10,18-19H,5-6,11-13,21-22H2. The van der Waals surface area contributed by atoms with E-state index in [1.54, 1.807) is 0 Å². The number of unbranched alkanes of at least 4 members (excludes halogenated alkanes) is 1. The zero-order valence-electron chi connectivity index (χ0n) is 13.8. The van der Waals surface area contributed by atoms with Gasteiger partial charge in [0.05, 0.1) is 0 Å². The average Bonchev–Trinajstić information content (AvgIpc) is 2.94. The fourth-order valence-corrected chi connectivity index (χ4v) is 3.34. The van der Waals surface area contributed by atoms with Crippen molar-refractivity contribution in [3.05, 3.63) is 59.7 Å². The van der Waals surface area contributed by atoms with Crippen LogP contribution in [-0.2, 0) is 9.53 Å². The Hall–Kier alpha value is -2.17. The summed E-state index contributed by atoms with van der Waals surface area (Å²) in [7, 11) is 0. The Morgan fingerprint density at radius 1 is 1.00 bits per heavy atom. The Morgan fingerprint density at radius 2 is 1.58 bits per heavy atom. The van der Waals surface area contributed by atoms with Crippen molar-refractivity contribution in [2.24, 2.45) is 11.5 Å². The maximum Gasteiger partial charge on any atom is 0.322 e. The molecule has 24 heavy (non-hydrogen) atoms. The molecule has 2 aromatic carbocycles. The Morgan fingerprint density at radius 3 is 2.17 bits per heavy atom. The molecule has 3 rings (SSSR count). The molecule has 0 heterocycles. The fraction of sp³-hybridized carbons (Fsp3) is 0.350. The molecule has 4 heteroatoms. The first-order chi connectivity index (χ1) is 11.7. The van der Waals surface area contributed by atoms with Crippen LogP contribution in [0.5, 0.6) is 0 Å². The van der Waals surface area contributed by atoms with E-state index in [9.17, 15) is 4.79 Å². The second-order valence-corrected chi connectivity index (χ2v) is 6.25. The molecule has 0 amide bonds. The van der Waals surface area contributed by atoms with Gasteiger partial charge in [-0.1, -0.05) is 55.0 Å². The molecule has 0 saturated heterocycles. The molecule has 0 saturated carbocycles. The number of benzene rings is 2. The molecule has 0 radical (unpaired) electrons. The number of hydrogen-bond donors (Lipinski definition) is 2. The van der Waals surface area contributed by atoms with Crippen LogP contribution in [-0.4, -0.2) is 25.2 Å². The summed E-state index contributed by atoms with van der Waals surface area (Å²) >= 11 is 0. The summed E-state index contributed by atoms with van der Waals surface area (Å²) in [5, 5.41) is 0. The highest BCUT2D eigenvalue weighted by Gasteiger charge is 2.29. The van der Waals surface area contributed by atoms with Crippen LogP contribution < -0.4 is 11.5 Å². The van der Waals surface area contributed by atoms with Gasteiger partial charge >= 0.3 is 5.97 Å². The van der Waals surface area contributed by atoms with Gasteiger partial charge in [-0.2, -0.15) is 0 Å². The predicted octanol–water partition coefficient (Wildman–Crippen LogP) is 2.80. The number of carbonyl (C=O) groups is 1. The van der Waals surface area contributed by atoms with Crippen LogP contribution in [0.1, 0.15) is 36.3 Å². The molecular weight excluding hydrogens is 300 g/mol. The summed E-state index contributed by atoms with van der Waals surface area (Å²) in [5.74, 6) is -0.244. The molecule has 0 fully saturated rings. The molecule has 1 aliphatic rings. The molecule has 0 spiro atoms. The lowest BCUT2D eigenvalue weighted by Crippen LogP contribution is -2.33. The van der Waals surface area contributed by atoms with Crippen molar-refractivity contribution in [2.75, 3.05) is 13.2 Å². The number of hydrogen-bond acceptors (Lipinski definition) is 4. The van der Waals surface area contributed by atoms with Gasteiger partial charge in [0.25, 0.3) is 0 Å². The van der Waals surface area contributed by atoms with Gasteiger partial charge in [-0.3, -0.25) is 4.79 Å². The van der Waals surface area contributed by atoms with Crippen molar-refractivity contribution >= 4 is 5.97 Å². The lowest BCUT2D eigenvalue weighted by molar-refractivity contribution is -0.145. The molecule has 0 aliphatic heterocycles. The molecule has 1 unspecified atom stereocenters. The van der Waals surface area contributed by atoms with Gasteiger partial charge in [-0.15, -0.1) is 0 Å². The van der Waals surface area contributed by atoms with Gasteiger partial charge in [0.2, 0.25) is 0 Å². The number of esters is 1. The van der Waals surface area contributed by atoms with Gasteiger partial charge in [0, 0.05) is 5.92 Å². The van der Waals surface area contributed by atoms with Crippen molar-refractivity contribution in [2.45, 2.75) is 31.2 Å². The first-order valence-electron chi connectivity index (χ1n) is 8.53. The highest BCUT2D eigenvalue weighted by atomic mass is 16.5. The summed E-state index contributed by atoms with van der Waals surface area (Å²) in [5.41, 5.74) is 16.3. The summed E-state index contributed by atoms with van der Waals surface area (Å²) in [6.07, 6.45) is 2.35. The van der Waals surface area contributed by atoms with Crippen LogP contribution in [0.2, 0.25) is 0 Å². The zero-order chi connectivity index (χ0) is 16.9. The molecular formula is C20H24N2O2. The average molecular weight is 324 g/mol. The van der Waals surface area contributed by atoms with Crippen LogP contribution in [0, 0.1) is 0 Å². The van der Waals surface area contributed by atoms with Crippen molar-refractivity contribution in [3.8, 4) is 11.1 Å². The van der Waals surface area contributed by atoms with Gasteiger partial charge in [0.15, 0.2) is 0 Å². The number of ether oxygens (including phenoxy) is 1. The normalized spacial score (nSPS) is 14.1. The summed E-state index contributed by atoms with van der Waals surface area (Å²) < 4.78 is 5.54. The minimum atomic E-state index is -0.566. The van der Waals surface area contributed by atoms with E-state index < -0.39 is 6.04 Å². The van der Waals surface area contributed by atoms with E-state index in [2.05, 4.69) is 24.3 Å². The molecule has 4 N–H and O–H groups in total. The largest absolute Gasteiger partial charge is 0.464 e. The molecule has 1 atom stereocenters. The van der Waals surface area contributed by atoms with Crippen LogP contribution in [0.3, 0.4) is 0 Å². The SMILES string of the molecule is NCCCCC(N)C(=O)OCC1c2ccccc2-c2ccccc21. The molecule has 0 bridgehead atoms. The molecule has 4 nitrogen and oxygen atoms in total. The lowest BCUT2D eigenvalue weighted by Gasteiger charge is -2.16. The van der Waals surface area contributed by atoms with Gasteiger partial charge in [0.1, 0.15) is 12.6 Å². The number of carbonyl (C=O) groups excluding carboxylic acids is 1. The third-order valence-corrected chi connectivity index (χ3v) is 4.63. The summed E-state index contributed by atoms with van der Waals surface area (Å²) in [6.45, 7) is 0.953. The van der Waals surface area contributed by atoms with Crippen LogP contribution in [0.4, 0.5) is 0 Å². The minimum Gasteiger partial charge on any atom is -0.464 e. The highest BCUT2D eigenvalue weighted by molar-refractivity contribution is 5.79. The molecule has 1 aliphatic carbocycles. The first kappa shape index (κ1) is 16.7. The molecule has 0 aromatic heterocycles. The second kappa shape index (κ2) is 7.60. The predicted molar refractivity (Wildman–Crippen MR) is 95.6 cm³/mol. The van der Waals surface area contributed by atoms with Gasteiger partial charge in [-0.05, 0) is 41.6 Å². The fourth-order valence-electron chi connectivity index (χ4n) is 3.34. The van der Waals surface area contributed by atoms with Crippen molar-refractivity contribution in [1.29, 1.82) is 0 Å². The smallest absolute Gasteiger partial charge is 0.322 e. The Kier molecular flexibility index (Phi) is 5.28. The first-order valence-corrected chi connectivity index (χ1v) is 8.53. The van der Waals surface area contributed by atoms with Crippen LogP contribution in [0.25, 0.3) is 11.1 Å². The van der Waals surface area contributed by atoms with E-state index in [-0.39, 0.29) is 11.9 Å². The Labute approximate surface area is 142 Å². The van der Waals surface area contributed by atoms with Crippen molar-refractivity contribution in [3.63, 3.8) is 0 Å². The van der Waals surface area contributed by atoms with Crippen LogP contribution in [0.15, 0.2) is 48.5 Å². The van der Waals surface area contributed by atoms with E-state index in [0.29, 0.717) is 19.6 Å². The Balaban J connectivity index is 1.68. The van der Waals surface area contributed by atoms with Crippen molar-refractivity contribution in [1.82, 2.24) is 0 Å². The monoisotopic (exact) mass is 324 g/mol. The molecule has 126 valence electrons. The maximum atomic E-state index is 12.1. The topological polar surface area (TPSA) is 78.3 Å². The lowest BCUT2D eigenvalue weighted by atomic mass is 9.98. The Bertz CT molecular complexity index is 669. The van der Waals surface area contributed by atoms with E-state index in [1.165, 1.54) is 22.3 Å². The number of nitrogens with two attached hydrogens (primary N) is 2. The van der Waals surface area contributed by atoms with Crippen LogP contribution >= 0.6 is 0 Å². The van der Waals surface area contributed by atoms with Gasteiger partial charge < -0.3 is 16.2 Å². The molecule has 2 aromatic rings. The number of rotatable bonds is 7. The van der Waals surface area contributed by atoms with E-state index in [0.717, 1.165) is 12.8 Å². The van der Waals surface area contributed by atoms with E-state index in [1.807, 2.05) is 24.3 Å². The zero-order valence-corrected chi connectivity index (χ0v) is 13.8. The van der Waals surface area contributed by atoms with E-state index >= 15 is 0 Å². The third-order valence-electron chi connectivity index (χ3n) is 4.63. The van der Waals surface area contributed by atoms with Gasteiger partial charge in [-0.25, -0.2) is 0 Å². The minimum absolute atomic E-state index is 0.0811. The second-order valence-electron chi connectivity index (χ2n) is 6.25. The highest BCUT2D eigenvalue weighted by Crippen LogP contribution is 2.44. The number of fused-ring (bicyclic) bond motifs is 3. The van der Waals surface area contributed by atoms with Crippen molar-refractivity contribution < 1.29 is 9.53 Å². The summed E-state index contributed by atoms with van der Waals surface area (Å²) in [6, 6.07) is 16.0. The maximum absolute atomic E-state index is 12.1. The quantitative estimate of drug-likeness (QED) is 0.606. The van der Waals surface area contributed by atoms with E-state index in [4.69, 9.17) is 16.2 Å².